The van der Waals surface area contributed by atoms with Crippen molar-refractivity contribution in [2.45, 2.75) is 31.7 Å². The molecule has 1 aromatic carbocycles. The smallest absolute Gasteiger partial charge is 0.289 e. The third-order valence-corrected chi connectivity index (χ3v) is 5.69. The number of rotatable bonds is 4. The SMILES string of the molecule is O=C(c1ccco1)N1CC[C@@H]2[C@@H](CCC(=O)N2CCc2cccc(F)c2)C1. The Morgan fingerprint density at radius 2 is 2.11 bits per heavy atom. The second-order valence-electron chi connectivity index (χ2n) is 7.35. The number of nitrogens with zero attached hydrogens (tertiary/aromatic N) is 2. The molecule has 27 heavy (non-hydrogen) atoms. The van der Waals surface area contributed by atoms with Gasteiger partial charge in [0.05, 0.1) is 6.26 Å². The molecule has 0 N–H and O–H groups in total. The molecule has 6 heteroatoms. The van der Waals surface area contributed by atoms with Crippen LogP contribution in [0.3, 0.4) is 0 Å². The molecule has 4 rings (SSSR count). The number of hydrogen-bond donors (Lipinski definition) is 0. The maximum atomic E-state index is 13.4. The fourth-order valence-electron chi connectivity index (χ4n) is 4.32. The van der Waals surface area contributed by atoms with E-state index in [2.05, 4.69) is 0 Å². The third kappa shape index (κ3) is 3.75. The number of carbonyl (C=O) groups excluding carboxylic acids is 2. The Bertz CT molecular complexity index is 821. The van der Waals surface area contributed by atoms with Crippen molar-refractivity contribution in [2.75, 3.05) is 19.6 Å². The molecule has 1 aromatic heterocycles. The monoisotopic (exact) mass is 370 g/mol. The van der Waals surface area contributed by atoms with Crippen LogP contribution in [-0.4, -0.2) is 47.3 Å². The van der Waals surface area contributed by atoms with Gasteiger partial charge in [0.25, 0.3) is 5.91 Å². The van der Waals surface area contributed by atoms with Crippen LogP contribution in [0.1, 0.15) is 35.4 Å². The zero-order valence-corrected chi connectivity index (χ0v) is 15.1. The molecular formula is C21H23FN2O3. The van der Waals surface area contributed by atoms with Crippen LogP contribution in [0.5, 0.6) is 0 Å². The summed E-state index contributed by atoms with van der Waals surface area (Å²) in [6.07, 6.45) is 4.23. The van der Waals surface area contributed by atoms with Gasteiger partial charge < -0.3 is 14.2 Å². The fourth-order valence-corrected chi connectivity index (χ4v) is 4.32. The Kier molecular flexibility index (Phi) is 4.97. The molecule has 2 atom stereocenters. The molecule has 3 heterocycles. The molecule has 0 bridgehead atoms. The topological polar surface area (TPSA) is 53.8 Å². The van der Waals surface area contributed by atoms with Gasteiger partial charge in [-0.05, 0) is 55.0 Å². The molecule has 0 spiro atoms. The first-order valence-electron chi connectivity index (χ1n) is 9.48. The van der Waals surface area contributed by atoms with Crippen LogP contribution in [0.15, 0.2) is 47.1 Å². The van der Waals surface area contributed by atoms with Crippen molar-refractivity contribution in [3.05, 3.63) is 59.8 Å². The molecule has 142 valence electrons. The van der Waals surface area contributed by atoms with Crippen molar-refractivity contribution in [3.8, 4) is 0 Å². The lowest BCUT2D eigenvalue weighted by atomic mass is 9.83. The van der Waals surface area contributed by atoms with Crippen LogP contribution in [0.25, 0.3) is 0 Å². The van der Waals surface area contributed by atoms with E-state index in [1.807, 2.05) is 15.9 Å². The van der Waals surface area contributed by atoms with Gasteiger partial charge in [-0.15, -0.1) is 0 Å². The van der Waals surface area contributed by atoms with E-state index in [-0.39, 0.29) is 29.6 Å². The van der Waals surface area contributed by atoms with Crippen LogP contribution < -0.4 is 0 Å². The Labute approximate surface area is 157 Å². The van der Waals surface area contributed by atoms with Gasteiger partial charge in [-0.3, -0.25) is 9.59 Å². The first-order chi connectivity index (χ1) is 13.1. The van der Waals surface area contributed by atoms with Gasteiger partial charge >= 0.3 is 0 Å². The van der Waals surface area contributed by atoms with E-state index in [1.165, 1.54) is 18.4 Å². The molecule has 0 radical (unpaired) electrons. The number of likely N-dealkylation sites (tertiary alicyclic amines) is 2. The van der Waals surface area contributed by atoms with E-state index in [4.69, 9.17) is 4.42 Å². The highest BCUT2D eigenvalue weighted by Crippen LogP contribution is 2.32. The minimum atomic E-state index is -0.250. The maximum Gasteiger partial charge on any atom is 0.289 e. The lowest BCUT2D eigenvalue weighted by molar-refractivity contribution is -0.140. The van der Waals surface area contributed by atoms with Gasteiger partial charge in [0.15, 0.2) is 5.76 Å². The van der Waals surface area contributed by atoms with Gasteiger partial charge in [-0.25, -0.2) is 4.39 Å². The first kappa shape index (κ1) is 17.8. The molecule has 0 unspecified atom stereocenters. The number of fused-ring (bicyclic) bond motifs is 1. The maximum absolute atomic E-state index is 13.4. The van der Waals surface area contributed by atoms with Crippen molar-refractivity contribution < 1.29 is 18.4 Å². The van der Waals surface area contributed by atoms with Crippen LogP contribution >= 0.6 is 0 Å². The fraction of sp³-hybridized carbons (Fsp3) is 0.429. The minimum absolute atomic E-state index is 0.0818. The summed E-state index contributed by atoms with van der Waals surface area (Å²) in [6.45, 7) is 1.86. The van der Waals surface area contributed by atoms with E-state index in [1.54, 1.807) is 18.2 Å². The summed E-state index contributed by atoms with van der Waals surface area (Å²) in [5.41, 5.74) is 0.898. The van der Waals surface area contributed by atoms with Crippen LogP contribution in [0.2, 0.25) is 0 Å². The van der Waals surface area contributed by atoms with E-state index >= 15 is 0 Å². The average molecular weight is 370 g/mol. The van der Waals surface area contributed by atoms with Gasteiger partial charge in [0.2, 0.25) is 5.91 Å². The summed E-state index contributed by atoms with van der Waals surface area (Å²) < 4.78 is 18.6. The van der Waals surface area contributed by atoms with Crippen molar-refractivity contribution >= 4 is 11.8 Å². The van der Waals surface area contributed by atoms with Crippen LogP contribution in [0.4, 0.5) is 4.39 Å². The quantitative estimate of drug-likeness (QED) is 0.831. The van der Waals surface area contributed by atoms with Crippen LogP contribution in [0, 0.1) is 11.7 Å². The van der Waals surface area contributed by atoms with E-state index in [0.717, 1.165) is 18.4 Å². The molecule has 2 saturated heterocycles. The number of hydrogen-bond acceptors (Lipinski definition) is 3. The standard InChI is InChI=1S/C21H23FN2O3/c22-17-4-1-3-15(13-17)8-11-24-18-9-10-23(14-16(18)6-7-20(24)25)21(26)19-5-2-12-27-19/h1-5,12-13,16,18H,6-11,14H2/t16-,18+/m0/s1. The largest absolute Gasteiger partial charge is 0.459 e. The predicted molar refractivity (Wildman–Crippen MR) is 97.6 cm³/mol. The summed E-state index contributed by atoms with van der Waals surface area (Å²) in [4.78, 5) is 28.8. The summed E-state index contributed by atoms with van der Waals surface area (Å²) >= 11 is 0. The molecule has 2 aliphatic heterocycles. The number of benzene rings is 1. The summed E-state index contributed by atoms with van der Waals surface area (Å²) in [6, 6.07) is 10.1. The molecule has 2 aliphatic rings. The van der Waals surface area contributed by atoms with E-state index < -0.39 is 0 Å². The molecule has 2 fully saturated rings. The number of carbonyl (C=O) groups is 2. The number of amides is 2. The van der Waals surface area contributed by atoms with Crippen molar-refractivity contribution in [3.63, 3.8) is 0 Å². The van der Waals surface area contributed by atoms with Gasteiger partial charge in [-0.2, -0.15) is 0 Å². The molecule has 5 nitrogen and oxygen atoms in total. The van der Waals surface area contributed by atoms with Gasteiger partial charge in [0, 0.05) is 32.1 Å². The lowest BCUT2D eigenvalue weighted by Crippen LogP contribution is -2.57. The molecule has 0 aliphatic carbocycles. The Hall–Kier alpha value is -2.63. The predicted octanol–water partition coefficient (Wildman–Crippen LogP) is 3.11. The molecular weight excluding hydrogens is 347 g/mol. The Morgan fingerprint density at radius 1 is 1.22 bits per heavy atom. The highest BCUT2D eigenvalue weighted by Gasteiger charge is 2.40. The van der Waals surface area contributed by atoms with Gasteiger partial charge in [-0.1, -0.05) is 12.1 Å². The molecule has 2 amide bonds. The van der Waals surface area contributed by atoms with E-state index in [9.17, 15) is 14.0 Å². The summed E-state index contributed by atoms with van der Waals surface area (Å²) in [7, 11) is 0. The number of furan rings is 1. The molecule has 2 aromatic rings. The van der Waals surface area contributed by atoms with Crippen molar-refractivity contribution in [1.29, 1.82) is 0 Å². The van der Waals surface area contributed by atoms with E-state index in [0.29, 0.717) is 38.2 Å². The Morgan fingerprint density at radius 3 is 2.89 bits per heavy atom. The van der Waals surface area contributed by atoms with Crippen molar-refractivity contribution in [2.24, 2.45) is 5.92 Å². The zero-order valence-electron chi connectivity index (χ0n) is 15.1. The first-order valence-corrected chi connectivity index (χ1v) is 9.48. The molecule has 0 saturated carbocycles. The Balaban J connectivity index is 1.41. The minimum Gasteiger partial charge on any atom is -0.459 e. The van der Waals surface area contributed by atoms with Gasteiger partial charge in [0.1, 0.15) is 5.82 Å². The third-order valence-electron chi connectivity index (χ3n) is 5.69. The second-order valence-corrected chi connectivity index (χ2v) is 7.35. The lowest BCUT2D eigenvalue weighted by Gasteiger charge is -2.47. The second kappa shape index (κ2) is 7.55. The highest BCUT2D eigenvalue weighted by molar-refractivity contribution is 5.91. The zero-order chi connectivity index (χ0) is 18.8. The number of piperidine rings is 2. The summed E-state index contributed by atoms with van der Waals surface area (Å²) in [5, 5.41) is 0. The summed E-state index contributed by atoms with van der Waals surface area (Å²) in [5.74, 6) is 0.478. The highest BCUT2D eigenvalue weighted by atomic mass is 19.1. The van der Waals surface area contributed by atoms with Crippen LogP contribution in [-0.2, 0) is 11.2 Å². The van der Waals surface area contributed by atoms with Crippen molar-refractivity contribution in [1.82, 2.24) is 9.80 Å². The normalized spacial score (nSPS) is 22.6. The average Bonchev–Trinajstić information content (AvgIpc) is 3.21. The number of halogens is 1.